The molecule has 1 unspecified atom stereocenters. The Kier molecular flexibility index (Phi) is 5.93. The van der Waals surface area contributed by atoms with E-state index >= 15 is 0 Å². The lowest BCUT2D eigenvalue weighted by Crippen LogP contribution is -2.47. The van der Waals surface area contributed by atoms with E-state index in [2.05, 4.69) is 11.4 Å². The molecule has 0 radical (unpaired) electrons. The zero-order chi connectivity index (χ0) is 21.3. The lowest BCUT2D eigenvalue weighted by Gasteiger charge is -2.29. The number of amides is 1. The van der Waals surface area contributed by atoms with Crippen molar-refractivity contribution < 1.29 is 27.7 Å². The zero-order valence-electron chi connectivity index (χ0n) is 15.9. The number of carbonyl (C=O) groups is 2. The van der Waals surface area contributed by atoms with E-state index in [-0.39, 0.29) is 29.3 Å². The van der Waals surface area contributed by atoms with E-state index in [9.17, 15) is 32.9 Å². The van der Waals surface area contributed by atoms with E-state index in [4.69, 9.17) is 0 Å². The Morgan fingerprint density at radius 1 is 1.38 bits per heavy atom. The van der Waals surface area contributed by atoms with E-state index in [1.54, 1.807) is 13.0 Å². The van der Waals surface area contributed by atoms with Crippen LogP contribution in [-0.2, 0) is 19.7 Å². The average Bonchev–Trinajstić information content (AvgIpc) is 3.26. The molecule has 3 rings (SSSR count). The average molecular weight is 421 g/mol. The number of carbonyl (C=O) groups excluding carboxylic acids is 1. The third kappa shape index (κ3) is 4.27. The van der Waals surface area contributed by atoms with Crippen LogP contribution >= 0.6 is 0 Å². The van der Waals surface area contributed by atoms with Gasteiger partial charge in [0, 0.05) is 12.5 Å². The topological polar surface area (TPSA) is 148 Å². The maximum Gasteiger partial charge on any atom is 0.303 e. The van der Waals surface area contributed by atoms with Gasteiger partial charge in [-0.2, -0.15) is 13.7 Å². The van der Waals surface area contributed by atoms with Crippen LogP contribution in [0.3, 0.4) is 0 Å². The van der Waals surface area contributed by atoms with Gasteiger partial charge in [-0.05, 0) is 43.9 Å². The number of hydrogen-bond donors (Lipinski definition) is 3. The number of hydrogen-bond acceptors (Lipinski definition) is 6. The van der Waals surface area contributed by atoms with E-state index in [1.807, 2.05) is 0 Å². The summed E-state index contributed by atoms with van der Waals surface area (Å²) in [5, 5.41) is 21.7. The number of aliphatic carboxylic acids is 1. The van der Waals surface area contributed by atoms with Gasteiger partial charge in [0.15, 0.2) is 0 Å². The summed E-state index contributed by atoms with van der Waals surface area (Å²) in [5.41, 5.74) is 0.936. The highest BCUT2D eigenvalue weighted by molar-refractivity contribution is 7.85. The van der Waals surface area contributed by atoms with Crippen LogP contribution in [0.1, 0.15) is 36.3 Å². The summed E-state index contributed by atoms with van der Waals surface area (Å²) in [6.45, 7) is 2.37. The van der Waals surface area contributed by atoms with Crippen LogP contribution in [-0.4, -0.2) is 60.0 Å². The predicted molar refractivity (Wildman–Crippen MR) is 102 cm³/mol. The van der Waals surface area contributed by atoms with Crippen molar-refractivity contribution in [1.29, 1.82) is 5.26 Å². The minimum Gasteiger partial charge on any atom is -0.481 e. The fraction of sp³-hybridized carbons (Fsp3) is 0.526. The largest absolute Gasteiger partial charge is 0.481 e. The van der Waals surface area contributed by atoms with Crippen LogP contribution in [0.4, 0.5) is 0 Å². The highest BCUT2D eigenvalue weighted by atomic mass is 32.2. The van der Waals surface area contributed by atoms with Gasteiger partial charge in [0.2, 0.25) is 5.91 Å². The molecule has 9 nitrogen and oxygen atoms in total. The Bertz CT molecular complexity index is 971. The van der Waals surface area contributed by atoms with E-state index in [1.165, 1.54) is 17.0 Å². The Hall–Kier alpha value is -2.48. The number of nitriles is 1. The summed E-state index contributed by atoms with van der Waals surface area (Å²) in [4.78, 5) is 25.7. The Morgan fingerprint density at radius 2 is 2.10 bits per heavy atom. The van der Waals surface area contributed by atoms with Gasteiger partial charge in [0.1, 0.15) is 6.04 Å². The molecule has 0 spiro atoms. The summed E-state index contributed by atoms with van der Waals surface area (Å²) in [6, 6.07) is 5.05. The molecule has 0 bridgehead atoms. The molecule has 156 valence electrons. The molecule has 2 heterocycles. The molecule has 2 fully saturated rings. The summed E-state index contributed by atoms with van der Waals surface area (Å²) in [5.74, 6) is -2.73. The molecule has 2 aliphatic heterocycles. The molecule has 1 aromatic rings. The third-order valence-corrected chi connectivity index (χ3v) is 6.58. The highest BCUT2D eigenvalue weighted by Gasteiger charge is 2.46. The number of carboxylic acids is 1. The second-order valence-corrected chi connectivity index (χ2v) is 8.99. The Labute approximate surface area is 169 Å². The van der Waals surface area contributed by atoms with Crippen molar-refractivity contribution in [3.63, 3.8) is 0 Å². The first kappa shape index (κ1) is 21.2. The molecule has 1 amide bonds. The van der Waals surface area contributed by atoms with Crippen molar-refractivity contribution in [3.05, 3.63) is 29.3 Å². The Balaban J connectivity index is 2.07. The van der Waals surface area contributed by atoms with Crippen molar-refractivity contribution in [2.45, 2.75) is 49.1 Å². The smallest absolute Gasteiger partial charge is 0.303 e. The maximum atomic E-state index is 13.2. The number of nitrogens with one attached hydrogen (secondary N) is 1. The number of aryl methyl sites for hydroxylation is 1. The van der Waals surface area contributed by atoms with Crippen LogP contribution in [0, 0.1) is 24.2 Å². The van der Waals surface area contributed by atoms with Crippen molar-refractivity contribution >= 4 is 22.0 Å². The first-order valence-electron chi connectivity index (χ1n) is 9.36. The summed E-state index contributed by atoms with van der Waals surface area (Å²) in [7, 11) is -4.58. The van der Waals surface area contributed by atoms with E-state index in [0.717, 1.165) is 5.56 Å². The molecule has 4 atom stereocenters. The van der Waals surface area contributed by atoms with Gasteiger partial charge in [-0.25, -0.2) is 0 Å². The maximum absolute atomic E-state index is 13.2. The molecule has 2 aliphatic rings. The standard InChI is InChI=1S/C19H23N3O6S/c1-11-4-5-15(29(26,27)28)14(7-11)17-12(8-16(23)24)10-21-18(17)19(25)22-6-2-3-13(22)9-20/h4-5,7,12-13,17-18,21H,2-3,6,8,10H2,1H3,(H,23,24)(H,26,27,28)/t12-,13-,17?,18-/m0/s1. The zero-order valence-corrected chi connectivity index (χ0v) is 16.7. The van der Waals surface area contributed by atoms with Gasteiger partial charge in [-0.3, -0.25) is 14.1 Å². The normalized spacial score (nSPS) is 27.0. The van der Waals surface area contributed by atoms with Gasteiger partial charge in [0.05, 0.1) is 23.4 Å². The predicted octanol–water partition coefficient (Wildman–Crippen LogP) is 0.903. The number of carboxylic acid groups (broad SMARTS) is 1. The van der Waals surface area contributed by atoms with Crippen LogP contribution in [0.15, 0.2) is 23.1 Å². The molecular formula is C19H23N3O6S. The minimum absolute atomic E-state index is 0.206. The van der Waals surface area contributed by atoms with Crippen molar-refractivity contribution in [2.24, 2.45) is 5.92 Å². The SMILES string of the molecule is Cc1ccc(S(=O)(=O)O)c(C2[C@@H](CC(=O)O)CN[C@@H]2C(=O)N2CCC[C@H]2C#N)c1. The highest BCUT2D eigenvalue weighted by Crippen LogP contribution is 2.40. The molecule has 2 saturated heterocycles. The quantitative estimate of drug-likeness (QED) is 0.594. The molecule has 0 aliphatic carbocycles. The second-order valence-electron chi connectivity index (χ2n) is 7.60. The monoisotopic (exact) mass is 421 g/mol. The van der Waals surface area contributed by atoms with Gasteiger partial charge >= 0.3 is 5.97 Å². The summed E-state index contributed by atoms with van der Waals surface area (Å²) < 4.78 is 33.6. The molecule has 3 N–H and O–H groups in total. The van der Waals surface area contributed by atoms with Gasteiger partial charge in [0.25, 0.3) is 10.1 Å². The van der Waals surface area contributed by atoms with Crippen LogP contribution in [0.5, 0.6) is 0 Å². The van der Waals surface area contributed by atoms with E-state index in [0.29, 0.717) is 19.4 Å². The van der Waals surface area contributed by atoms with E-state index < -0.39 is 40.0 Å². The molecule has 10 heteroatoms. The van der Waals surface area contributed by atoms with Crippen LogP contribution in [0.25, 0.3) is 0 Å². The molecular weight excluding hydrogens is 398 g/mol. The fourth-order valence-corrected chi connectivity index (χ4v) is 5.14. The van der Waals surface area contributed by atoms with Crippen molar-refractivity contribution in [3.8, 4) is 6.07 Å². The molecule has 1 aromatic carbocycles. The first-order valence-corrected chi connectivity index (χ1v) is 10.8. The number of benzene rings is 1. The van der Waals surface area contributed by atoms with Gasteiger partial charge < -0.3 is 15.3 Å². The lowest BCUT2D eigenvalue weighted by molar-refractivity contribution is -0.138. The second kappa shape index (κ2) is 8.10. The third-order valence-electron chi connectivity index (χ3n) is 5.66. The van der Waals surface area contributed by atoms with Crippen molar-refractivity contribution in [1.82, 2.24) is 10.2 Å². The fourth-order valence-electron chi connectivity index (χ4n) is 4.41. The lowest BCUT2D eigenvalue weighted by atomic mass is 9.81. The van der Waals surface area contributed by atoms with Crippen LogP contribution < -0.4 is 5.32 Å². The van der Waals surface area contributed by atoms with Crippen molar-refractivity contribution in [2.75, 3.05) is 13.1 Å². The van der Waals surface area contributed by atoms with Gasteiger partial charge in [-0.15, -0.1) is 0 Å². The molecule has 29 heavy (non-hydrogen) atoms. The molecule has 0 aromatic heterocycles. The number of likely N-dealkylation sites (tertiary alicyclic amines) is 1. The summed E-state index contributed by atoms with van der Waals surface area (Å²) in [6.07, 6.45) is 1.00. The van der Waals surface area contributed by atoms with Crippen LogP contribution in [0.2, 0.25) is 0 Å². The summed E-state index contributed by atoms with van der Waals surface area (Å²) >= 11 is 0. The minimum atomic E-state index is -4.58. The van der Waals surface area contributed by atoms with Gasteiger partial charge in [-0.1, -0.05) is 17.7 Å². The Morgan fingerprint density at radius 3 is 2.72 bits per heavy atom. The number of rotatable bonds is 5. The first-order chi connectivity index (χ1) is 13.6. The molecule has 0 saturated carbocycles. The number of nitrogens with zero attached hydrogens (tertiary/aromatic N) is 2.